The third-order valence-corrected chi connectivity index (χ3v) is 5.11. The van der Waals surface area contributed by atoms with E-state index in [4.69, 9.17) is 21.1 Å². The number of ether oxygens (including phenoxy) is 2. The van der Waals surface area contributed by atoms with Crippen LogP contribution in [0.15, 0.2) is 59.4 Å². The fraction of sp³-hybridized carbons (Fsp3) is 0.348. The second-order valence-electron chi connectivity index (χ2n) is 7.56. The summed E-state index contributed by atoms with van der Waals surface area (Å²) in [6.45, 7) is 5.92. The quantitative estimate of drug-likeness (QED) is 0.568. The molecule has 0 atom stereocenters. The molecule has 0 spiro atoms. The van der Waals surface area contributed by atoms with Crippen molar-refractivity contribution in [3.63, 3.8) is 0 Å². The molecule has 1 heterocycles. The summed E-state index contributed by atoms with van der Waals surface area (Å²) < 4.78 is 13.0. The highest BCUT2D eigenvalue weighted by atomic mass is 35.5. The van der Waals surface area contributed by atoms with E-state index in [1.54, 1.807) is 11.7 Å². The van der Waals surface area contributed by atoms with Gasteiger partial charge in [-0.1, -0.05) is 35.9 Å². The van der Waals surface area contributed by atoms with Crippen LogP contribution in [0.2, 0.25) is 5.02 Å². The summed E-state index contributed by atoms with van der Waals surface area (Å²) in [6.07, 6.45) is 0. The average molecular weight is 415 g/mol. The Labute approximate surface area is 176 Å². The number of pyridine rings is 1. The first-order valence-electron chi connectivity index (χ1n) is 9.65. The van der Waals surface area contributed by atoms with Gasteiger partial charge in [-0.05, 0) is 49.6 Å². The highest BCUT2D eigenvalue weighted by Crippen LogP contribution is 2.19. The molecule has 5 nitrogen and oxygen atoms in total. The van der Waals surface area contributed by atoms with Crippen LogP contribution in [0.25, 0.3) is 10.9 Å². The minimum atomic E-state index is -0.299. The van der Waals surface area contributed by atoms with Crippen molar-refractivity contribution in [2.45, 2.75) is 32.5 Å². The maximum atomic E-state index is 13.2. The number of aromatic nitrogens is 1. The first-order valence-corrected chi connectivity index (χ1v) is 10.0. The topological polar surface area (TPSA) is 52.5 Å². The zero-order chi connectivity index (χ0) is 20.9. The molecule has 0 fully saturated rings. The number of nitrogens with zero attached hydrogens (tertiary/aromatic N) is 1. The second kappa shape index (κ2) is 9.44. The summed E-state index contributed by atoms with van der Waals surface area (Å²) in [5.41, 5.74) is 1.16. The van der Waals surface area contributed by atoms with Crippen LogP contribution in [0.1, 0.15) is 19.4 Å². The molecule has 1 aromatic heterocycles. The summed E-state index contributed by atoms with van der Waals surface area (Å²) >= 11 is 6.19. The summed E-state index contributed by atoms with van der Waals surface area (Å²) in [5.74, 6) is 0.780. The van der Waals surface area contributed by atoms with Gasteiger partial charge >= 0.3 is 0 Å². The van der Waals surface area contributed by atoms with Gasteiger partial charge in [0.1, 0.15) is 12.4 Å². The van der Waals surface area contributed by atoms with E-state index in [9.17, 15) is 4.79 Å². The van der Waals surface area contributed by atoms with Crippen LogP contribution < -0.4 is 15.6 Å². The number of para-hydroxylation sites is 1. The van der Waals surface area contributed by atoms with Crippen LogP contribution in [0.3, 0.4) is 0 Å². The van der Waals surface area contributed by atoms with Crippen LogP contribution in [-0.4, -0.2) is 30.4 Å². The fourth-order valence-corrected chi connectivity index (χ4v) is 3.26. The first kappa shape index (κ1) is 21.4. The van der Waals surface area contributed by atoms with Crippen molar-refractivity contribution >= 4 is 22.5 Å². The van der Waals surface area contributed by atoms with E-state index in [-0.39, 0.29) is 11.2 Å². The van der Waals surface area contributed by atoms with Crippen molar-refractivity contribution in [2.75, 3.05) is 20.3 Å². The fourth-order valence-electron chi connectivity index (χ4n) is 3.10. The minimum Gasteiger partial charge on any atom is -0.492 e. The predicted octanol–water partition coefficient (Wildman–Crippen LogP) is 4.25. The minimum absolute atomic E-state index is 0.0425. The lowest BCUT2D eigenvalue weighted by atomic mass is 10.1. The van der Waals surface area contributed by atoms with Gasteiger partial charge in [0.05, 0.1) is 17.7 Å². The van der Waals surface area contributed by atoms with Crippen molar-refractivity contribution in [1.29, 1.82) is 0 Å². The van der Waals surface area contributed by atoms with E-state index >= 15 is 0 Å². The molecule has 0 unspecified atom stereocenters. The van der Waals surface area contributed by atoms with Gasteiger partial charge in [-0.2, -0.15) is 0 Å². The lowest BCUT2D eigenvalue weighted by Crippen LogP contribution is -2.38. The average Bonchev–Trinajstić information content (AvgIpc) is 2.71. The molecule has 1 N–H and O–H groups in total. The smallest absolute Gasteiger partial charge is 0.255 e. The Morgan fingerprint density at radius 2 is 1.86 bits per heavy atom. The normalized spacial score (nSPS) is 11.7. The van der Waals surface area contributed by atoms with E-state index < -0.39 is 0 Å². The molecular formula is C23H27ClN2O3. The number of fused-ring (bicyclic) bond motifs is 1. The molecule has 3 aromatic rings. The van der Waals surface area contributed by atoms with Crippen LogP contribution in [0, 0.1) is 0 Å². The molecule has 6 heteroatoms. The Bertz CT molecular complexity index is 1020. The van der Waals surface area contributed by atoms with E-state index in [0.29, 0.717) is 36.8 Å². The van der Waals surface area contributed by atoms with Crippen LogP contribution in [-0.2, 0) is 17.8 Å². The highest BCUT2D eigenvalue weighted by Gasteiger charge is 2.16. The van der Waals surface area contributed by atoms with Crippen LogP contribution in [0.5, 0.6) is 5.75 Å². The molecule has 0 saturated heterocycles. The Hall–Kier alpha value is -2.34. The van der Waals surface area contributed by atoms with Crippen molar-refractivity contribution in [1.82, 2.24) is 9.88 Å². The van der Waals surface area contributed by atoms with E-state index in [2.05, 4.69) is 5.32 Å². The van der Waals surface area contributed by atoms with Crippen LogP contribution >= 0.6 is 11.6 Å². The van der Waals surface area contributed by atoms with Gasteiger partial charge in [0, 0.05) is 30.8 Å². The van der Waals surface area contributed by atoms with E-state index in [1.165, 1.54) is 0 Å². The summed E-state index contributed by atoms with van der Waals surface area (Å²) in [4.78, 5) is 13.2. The number of methoxy groups -OCH3 is 1. The van der Waals surface area contributed by atoms with E-state index in [0.717, 1.165) is 16.7 Å². The molecule has 0 aliphatic heterocycles. The number of halogens is 1. The van der Waals surface area contributed by atoms with Gasteiger partial charge in [0.25, 0.3) is 5.56 Å². The summed E-state index contributed by atoms with van der Waals surface area (Å²) in [7, 11) is 1.68. The second-order valence-corrected chi connectivity index (χ2v) is 7.99. The monoisotopic (exact) mass is 414 g/mol. The zero-order valence-electron chi connectivity index (χ0n) is 17.1. The number of rotatable bonds is 9. The molecule has 29 heavy (non-hydrogen) atoms. The Balaban J connectivity index is 1.84. The maximum Gasteiger partial charge on any atom is 0.255 e. The largest absolute Gasteiger partial charge is 0.492 e. The van der Waals surface area contributed by atoms with Gasteiger partial charge in [-0.25, -0.2) is 0 Å². The molecule has 0 aliphatic rings. The molecule has 154 valence electrons. The third kappa shape index (κ3) is 5.60. The van der Waals surface area contributed by atoms with Crippen molar-refractivity contribution in [3.05, 3.63) is 75.5 Å². The first-order chi connectivity index (χ1) is 13.9. The SMILES string of the molecule is COC(C)(C)CNCc1cc2ccc(Cl)cc2n(CCOc2ccccc2)c1=O. The Kier molecular flexibility index (Phi) is 6.96. The van der Waals surface area contributed by atoms with Gasteiger partial charge in [-0.15, -0.1) is 0 Å². The third-order valence-electron chi connectivity index (χ3n) is 4.88. The van der Waals surface area contributed by atoms with Gasteiger partial charge in [0.2, 0.25) is 0 Å². The summed E-state index contributed by atoms with van der Waals surface area (Å²) in [5, 5.41) is 4.89. The lowest BCUT2D eigenvalue weighted by Gasteiger charge is -2.23. The van der Waals surface area contributed by atoms with Crippen LogP contribution in [0.4, 0.5) is 0 Å². The molecule has 0 amide bonds. The number of hydrogen-bond donors (Lipinski definition) is 1. The van der Waals surface area contributed by atoms with Crippen molar-refractivity contribution in [2.24, 2.45) is 0 Å². The Morgan fingerprint density at radius 3 is 2.59 bits per heavy atom. The lowest BCUT2D eigenvalue weighted by molar-refractivity contribution is 0.0230. The van der Waals surface area contributed by atoms with Gasteiger partial charge in [-0.3, -0.25) is 4.79 Å². The molecule has 0 aliphatic carbocycles. The number of benzene rings is 2. The van der Waals surface area contributed by atoms with Gasteiger partial charge in [0.15, 0.2) is 0 Å². The number of nitrogens with one attached hydrogen (secondary N) is 1. The molecule has 2 aromatic carbocycles. The zero-order valence-corrected chi connectivity index (χ0v) is 17.8. The highest BCUT2D eigenvalue weighted by molar-refractivity contribution is 6.31. The Morgan fingerprint density at radius 1 is 1.10 bits per heavy atom. The molecule has 3 rings (SSSR count). The molecular weight excluding hydrogens is 388 g/mol. The molecule has 0 saturated carbocycles. The molecule has 0 bridgehead atoms. The number of hydrogen-bond acceptors (Lipinski definition) is 4. The van der Waals surface area contributed by atoms with Crippen molar-refractivity contribution < 1.29 is 9.47 Å². The van der Waals surface area contributed by atoms with E-state index in [1.807, 2.05) is 68.4 Å². The van der Waals surface area contributed by atoms with Crippen molar-refractivity contribution in [3.8, 4) is 5.75 Å². The predicted molar refractivity (Wildman–Crippen MR) is 118 cm³/mol. The van der Waals surface area contributed by atoms with Gasteiger partial charge < -0.3 is 19.4 Å². The maximum absolute atomic E-state index is 13.2. The standard InChI is InChI=1S/C23H27ClN2O3/c1-23(2,28-3)16-25-15-18-13-17-9-10-19(24)14-21(17)26(22(18)27)11-12-29-20-7-5-4-6-8-20/h4-10,13-14,25H,11-12,15-16H2,1-3H3. The summed E-state index contributed by atoms with van der Waals surface area (Å²) in [6, 6.07) is 17.1. The molecule has 0 radical (unpaired) electrons.